The quantitative estimate of drug-likeness (QED) is 0.665. The summed E-state index contributed by atoms with van der Waals surface area (Å²) in [4.78, 5) is 14.5. The van der Waals surface area contributed by atoms with Crippen LogP contribution in [-0.4, -0.2) is 25.2 Å². The SMILES string of the molecule is CCOC(=O)c1cccc(N)c1N(CC)C1CCCCC1. The average molecular weight is 290 g/mol. The molecule has 0 radical (unpaired) electrons. The molecule has 4 nitrogen and oxygen atoms in total. The van der Waals surface area contributed by atoms with E-state index in [1.54, 1.807) is 0 Å². The highest BCUT2D eigenvalue weighted by Crippen LogP contribution is 2.34. The largest absolute Gasteiger partial charge is 0.462 e. The molecule has 0 amide bonds. The second kappa shape index (κ2) is 7.34. The number of carbonyl (C=O) groups is 1. The molecule has 116 valence electrons. The zero-order chi connectivity index (χ0) is 15.2. The van der Waals surface area contributed by atoms with Crippen molar-refractivity contribution >= 4 is 17.3 Å². The molecule has 1 aromatic rings. The van der Waals surface area contributed by atoms with E-state index in [1.165, 1.54) is 32.1 Å². The van der Waals surface area contributed by atoms with Crippen molar-refractivity contribution in [3.63, 3.8) is 0 Å². The zero-order valence-corrected chi connectivity index (χ0v) is 13.1. The minimum atomic E-state index is -0.283. The van der Waals surface area contributed by atoms with Crippen LogP contribution in [0.5, 0.6) is 0 Å². The lowest BCUT2D eigenvalue weighted by Gasteiger charge is -2.37. The van der Waals surface area contributed by atoms with Gasteiger partial charge in [-0.05, 0) is 38.8 Å². The second-order valence-corrected chi connectivity index (χ2v) is 5.54. The Morgan fingerprint density at radius 3 is 2.62 bits per heavy atom. The van der Waals surface area contributed by atoms with Gasteiger partial charge in [-0.2, -0.15) is 0 Å². The number of hydrogen-bond donors (Lipinski definition) is 1. The van der Waals surface area contributed by atoms with Crippen molar-refractivity contribution in [3.8, 4) is 0 Å². The number of rotatable bonds is 5. The third kappa shape index (κ3) is 3.49. The number of nitrogens with two attached hydrogens (primary N) is 1. The van der Waals surface area contributed by atoms with Crippen molar-refractivity contribution in [1.29, 1.82) is 0 Å². The molecule has 0 saturated heterocycles. The first-order valence-electron chi connectivity index (χ1n) is 8.01. The third-order valence-corrected chi connectivity index (χ3v) is 4.21. The molecule has 1 aliphatic rings. The van der Waals surface area contributed by atoms with Crippen LogP contribution in [0.3, 0.4) is 0 Å². The molecule has 0 spiro atoms. The Morgan fingerprint density at radius 2 is 2.00 bits per heavy atom. The summed E-state index contributed by atoms with van der Waals surface area (Å²) in [5, 5.41) is 0. The van der Waals surface area contributed by atoms with Crippen LogP contribution in [0.4, 0.5) is 11.4 Å². The van der Waals surface area contributed by atoms with Crippen LogP contribution in [0.1, 0.15) is 56.3 Å². The molecule has 0 atom stereocenters. The van der Waals surface area contributed by atoms with E-state index in [9.17, 15) is 4.79 Å². The molecule has 1 saturated carbocycles. The van der Waals surface area contributed by atoms with Gasteiger partial charge < -0.3 is 15.4 Å². The number of anilines is 2. The summed E-state index contributed by atoms with van der Waals surface area (Å²) in [7, 11) is 0. The Bertz CT molecular complexity index is 482. The van der Waals surface area contributed by atoms with E-state index in [0.717, 1.165) is 12.2 Å². The van der Waals surface area contributed by atoms with Crippen molar-refractivity contribution < 1.29 is 9.53 Å². The van der Waals surface area contributed by atoms with Gasteiger partial charge in [-0.3, -0.25) is 0 Å². The van der Waals surface area contributed by atoms with Gasteiger partial charge in [0.25, 0.3) is 0 Å². The van der Waals surface area contributed by atoms with Crippen LogP contribution >= 0.6 is 0 Å². The van der Waals surface area contributed by atoms with E-state index in [1.807, 2.05) is 25.1 Å². The van der Waals surface area contributed by atoms with E-state index in [-0.39, 0.29) is 5.97 Å². The number of para-hydroxylation sites is 1. The van der Waals surface area contributed by atoms with Crippen molar-refractivity contribution in [1.82, 2.24) is 0 Å². The van der Waals surface area contributed by atoms with E-state index >= 15 is 0 Å². The van der Waals surface area contributed by atoms with Gasteiger partial charge in [-0.15, -0.1) is 0 Å². The summed E-state index contributed by atoms with van der Waals surface area (Å²) < 4.78 is 5.18. The molecule has 0 unspecified atom stereocenters. The number of hydrogen-bond acceptors (Lipinski definition) is 4. The Hall–Kier alpha value is -1.71. The summed E-state index contributed by atoms with van der Waals surface area (Å²) >= 11 is 0. The molecule has 2 rings (SSSR count). The van der Waals surface area contributed by atoms with Crippen molar-refractivity contribution in [2.24, 2.45) is 0 Å². The van der Waals surface area contributed by atoms with Crippen LogP contribution in [0.15, 0.2) is 18.2 Å². The summed E-state index contributed by atoms with van der Waals surface area (Å²) in [5.41, 5.74) is 8.29. The Labute approximate surface area is 127 Å². The summed E-state index contributed by atoms with van der Waals surface area (Å²) in [5.74, 6) is -0.283. The van der Waals surface area contributed by atoms with Crippen LogP contribution < -0.4 is 10.6 Å². The molecule has 0 heterocycles. The molecular weight excluding hydrogens is 264 g/mol. The Kier molecular flexibility index (Phi) is 5.48. The van der Waals surface area contributed by atoms with Crippen molar-refractivity contribution in [3.05, 3.63) is 23.8 Å². The van der Waals surface area contributed by atoms with Crippen LogP contribution in [0, 0.1) is 0 Å². The summed E-state index contributed by atoms with van der Waals surface area (Å²) in [6.07, 6.45) is 6.16. The smallest absolute Gasteiger partial charge is 0.340 e. The normalized spacial score (nSPS) is 15.7. The number of ether oxygens (including phenoxy) is 1. The lowest BCUT2D eigenvalue weighted by Crippen LogP contribution is -2.38. The average Bonchev–Trinajstić information content (AvgIpc) is 2.51. The third-order valence-electron chi connectivity index (χ3n) is 4.21. The highest BCUT2D eigenvalue weighted by atomic mass is 16.5. The summed E-state index contributed by atoms with van der Waals surface area (Å²) in [6, 6.07) is 5.97. The molecular formula is C17H26N2O2. The first-order chi connectivity index (χ1) is 10.2. The van der Waals surface area contributed by atoms with Gasteiger partial charge in [0, 0.05) is 12.6 Å². The number of nitrogens with zero attached hydrogens (tertiary/aromatic N) is 1. The first-order valence-corrected chi connectivity index (χ1v) is 8.01. The molecule has 1 fully saturated rings. The molecule has 1 aliphatic carbocycles. The van der Waals surface area contributed by atoms with Crippen molar-refractivity contribution in [2.45, 2.75) is 52.0 Å². The van der Waals surface area contributed by atoms with Crippen LogP contribution in [-0.2, 0) is 4.74 Å². The lowest BCUT2D eigenvalue weighted by atomic mass is 9.93. The predicted molar refractivity (Wildman–Crippen MR) is 86.7 cm³/mol. The minimum absolute atomic E-state index is 0.283. The molecule has 1 aromatic carbocycles. The van der Waals surface area contributed by atoms with Crippen LogP contribution in [0.2, 0.25) is 0 Å². The molecule has 21 heavy (non-hydrogen) atoms. The maximum absolute atomic E-state index is 12.2. The number of esters is 1. The highest BCUT2D eigenvalue weighted by Gasteiger charge is 2.26. The maximum Gasteiger partial charge on any atom is 0.340 e. The van der Waals surface area contributed by atoms with E-state index in [0.29, 0.717) is 23.9 Å². The van der Waals surface area contributed by atoms with Gasteiger partial charge in [0.2, 0.25) is 0 Å². The number of carbonyl (C=O) groups excluding carboxylic acids is 1. The van der Waals surface area contributed by atoms with Crippen molar-refractivity contribution in [2.75, 3.05) is 23.8 Å². The van der Waals surface area contributed by atoms with E-state index in [2.05, 4.69) is 11.8 Å². The van der Waals surface area contributed by atoms with Gasteiger partial charge in [0.05, 0.1) is 23.5 Å². The van der Waals surface area contributed by atoms with Gasteiger partial charge in [-0.25, -0.2) is 4.79 Å². The van der Waals surface area contributed by atoms with Gasteiger partial charge in [0.15, 0.2) is 0 Å². The molecule has 0 aliphatic heterocycles. The van der Waals surface area contributed by atoms with Gasteiger partial charge in [0.1, 0.15) is 0 Å². The first kappa shape index (κ1) is 15.7. The Balaban J connectivity index is 2.36. The summed E-state index contributed by atoms with van der Waals surface area (Å²) in [6.45, 7) is 5.17. The van der Waals surface area contributed by atoms with Gasteiger partial charge in [-0.1, -0.05) is 25.3 Å². The predicted octanol–water partition coefficient (Wildman–Crippen LogP) is 3.60. The topological polar surface area (TPSA) is 55.6 Å². The maximum atomic E-state index is 12.2. The lowest BCUT2D eigenvalue weighted by molar-refractivity contribution is 0.0527. The van der Waals surface area contributed by atoms with E-state index in [4.69, 9.17) is 10.5 Å². The molecule has 2 N–H and O–H groups in total. The Morgan fingerprint density at radius 1 is 1.29 bits per heavy atom. The fraction of sp³-hybridized carbons (Fsp3) is 0.588. The molecule has 0 aromatic heterocycles. The zero-order valence-electron chi connectivity index (χ0n) is 13.1. The molecule has 4 heteroatoms. The van der Waals surface area contributed by atoms with Crippen LogP contribution in [0.25, 0.3) is 0 Å². The number of nitrogen functional groups attached to an aromatic ring is 1. The minimum Gasteiger partial charge on any atom is -0.462 e. The van der Waals surface area contributed by atoms with Gasteiger partial charge >= 0.3 is 5.97 Å². The fourth-order valence-corrected chi connectivity index (χ4v) is 3.25. The second-order valence-electron chi connectivity index (χ2n) is 5.54. The monoisotopic (exact) mass is 290 g/mol. The molecule has 0 bridgehead atoms. The standard InChI is InChI=1S/C17H26N2O2/c1-3-19(13-9-6-5-7-10-13)16-14(17(20)21-4-2)11-8-12-15(16)18/h8,11-13H,3-7,9-10,18H2,1-2H3. The fourth-order valence-electron chi connectivity index (χ4n) is 3.25. The van der Waals surface area contributed by atoms with E-state index < -0.39 is 0 Å². The number of benzene rings is 1. The highest BCUT2D eigenvalue weighted by molar-refractivity contribution is 5.99.